The van der Waals surface area contributed by atoms with Crippen LogP contribution in [0.25, 0.3) is 0 Å². The first kappa shape index (κ1) is 22.5. The summed E-state index contributed by atoms with van der Waals surface area (Å²) >= 11 is 0. The fourth-order valence-corrected chi connectivity index (χ4v) is 7.30. The fraction of sp³-hybridized carbons (Fsp3) is 1.00. The van der Waals surface area contributed by atoms with Crippen LogP contribution in [0.15, 0.2) is 0 Å². The predicted octanol–water partition coefficient (Wildman–Crippen LogP) is 3.26. The number of rotatable bonds is 0. The molecule has 2 aliphatic carbocycles. The lowest BCUT2D eigenvalue weighted by Gasteiger charge is -2.44. The van der Waals surface area contributed by atoms with Crippen LogP contribution in [-0.4, -0.2) is 86.6 Å². The molecule has 4 saturated heterocycles. The second-order valence-electron chi connectivity index (χ2n) is 10.7. The van der Waals surface area contributed by atoms with Crippen LogP contribution < -0.4 is 5.32 Å². The van der Waals surface area contributed by atoms with Crippen molar-refractivity contribution in [3.63, 3.8) is 0 Å². The number of alkyl halides is 2. The summed E-state index contributed by atoms with van der Waals surface area (Å²) in [5.41, 5.74) is -0.0402. The van der Waals surface area contributed by atoms with Crippen molar-refractivity contribution in [2.24, 2.45) is 11.8 Å². The molecule has 1 spiro atoms. The van der Waals surface area contributed by atoms with Crippen LogP contribution in [0.2, 0.25) is 0 Å². The van der Waals surface area contributed by atoms with Crippen LogP contribution >= 0.6 is 0 Å². The summed E-state index contributed by atoms with van der Waals surface area (Å²) in [5, 5.41) is 3.79. The van der Waals surface area contributed by atoms with Gasteiger partial charge in [0.2, 0.25) is 0 Å². The molecule has 0 amide bonds. The molecule has 178 valence electrons. The molecule has 6 fully saturated rings. The minimum Gasteiger partial charge on any atom is -0.378 e. The van der Waals surface area contributed by atoms with E-state index in [1.54, 1.807) is 0 Å². The van der Waals surface area contributed by atoms with Gasteiger partial charge in [0.1, 0.15) is 12.3 Å². The van der Waals surface area contributed by atoms with E-state index in [1.165, 1.54) is 0 Å². The molecular weight excluding hydrogens is 402 g/mol. The molecule has 31 heavy (non-hydrogen) atoms. The minimum absolute atomic E-state index is 0.000947. The van der Waals surface area contributed by atoms with E-state index in [0.717, 1.165) is 71.4 Å². The molecule has 0 aromatic carbocycles. The van der Waals surface area contributed by atoms with Gasteiger partial charge >= 0.3 is 0 Å². The van der Waals surface area contributed by atoms with Gasteiger partial charge in [-0.15, -0.1) is 0 Å². The van der Waals surface area contributed by atoms with Crippen molar-refractivity contribution in [2.75, 3.05) is 39.5 Å². The Labute approximate surface area is 185 Å². The van der Waals surface area contributed by atoms with Gasteiger partial charge in [-0.05, 0) is 63.7 Å². The van der Waals surface area contributed by atoms with Crippen LogP contribution in [0.5, 0.6) is 0 Å². The van der Waals surface area contributed by atoms with Crippen LogP contribution in [0.3, 0.4) is 0 Å². The molecule has 4 unspecified atom stereocenters. The Morgan fingerprint density at radius 1 is 1.03 bits per heavy atom. The minimum atomic E-state index is -1.18. The second-order valence-corrected chi connectivity index (χ2v) is 10.7. The Balaban J connectivity index is 1.33. The van der Waals surface area contributed by atoms with E-state index >= 15 is 0 Å². The van der Waals surface area contributed by atoms with Crippen LogP contribution in [-0.2, 0) is 14.2 Å². The third-order valence-corrected chi connectivity index (χ3v) is 8.82. The van der Waals surface area contributed by atoms with E-state index in [0.29, 0.717) is 25.0 Å². The maximum atomic E-state index is 14.9. The highest BCUT2D eigenvalue weighted by Crippen LogP contribution is 2.43. The summed E-state index contributed by atoms with van der Waals surface area (Å²) in [4.78, 5) is 2.56. The van der Waals surface area contributed by atoms with E-state index in [-0.39, 0.29) is 30.0 Å². The molecule has 2 bridgehead atoms. The summed E-state index contributed by atoms with van der Waals surface area (Å²) in [6, 6.07) is 0.724. The standard InChI is InChI=1S/C24H40F2N2O3/c1-16-13-24(15-29-10-7-27-24)22-14-31-19-5-3-17(4-6-19)20-11-18(25)12-21(26)23(20)30-9-2-8-28(16)22/h16-23,27H,2-15H2,1H3/t16-,17?,18?,19?,20?,21?,22+,23?,24-/m1/s1. The number of halogens is 2. The summed E-state index contributed by atoms with van der Waals surface area (Å²) in [6.45, 7) is 6.87. The summed E-state index contributed by atoms with van der Waals surface area (Å²) in [6.07, 6.45) is 3.94. The SMILES string of the molecule is C[C@@H]1C[C@@]2(COCCN2)[C@@H]2COC3CCC(CC3)C3CC(F)CC(F)C3OCCCN12. The van der Waals surface area contributed by atoms with E-state index in [2.05, 4.69) is 17.1 Å². The molecule has 4 heterocycles. The van der Waals surface area contributed by atoms with Crippen molar-refractivity contribution < 1.29 is 23.0 Å². The maximum Gasteiger partial charge on any atom is 0.129 e. The van der Waals surface area contributed by atoms with Gasteiger partial charge in [0.05, 0.1) is 43.6 Å². The molecule has 0 aromatic heterocycles. The number of morpholine rings is 1. The third-order valence-electron chi connectivity index (χ3n) is 8.82. The van der Waals surface area contributed by atoms with Crippen LogP contribution in [0.4, 0.5) is 8.78 Å². The monoisotopic (exact) mass is 442 g/mol. The summed E-state index contributed by atoms with van der Waals surface area (Å²) in [5.74, 6) is 0.361. The van der Waals surface area contributed by atoms with Gasteiger partial charge in [-0.2, -0.15) is 0 Å². The number of ether oxygens (including phenoxy) is 3. The van der Waals surface area contributed by atoms with Gasteiger partial charge in [-0.25, -0.2) is 8.78 Å². The Kier molecular flexibility index (Phi) is 6.88. The molecule has 2 saturated carbocycles. The molecule has 0 aromatic rings. The molecule has 1 N–H and O–H groups in total. The molecule has 0 radical (unpaired) electrons. The molecule has 5 nitrogen and oxygen atoms in total. The summed E-state index contributed by atoms with van der Waals surface area (Å²) < 4.78 is 47.7. The lowest BCUT2D eigenvalue weighted by Crippen LogP contribution is -2.63. The molecule has 6 aliphatic rings. The first-order chi connectivity index (χ1) is 15.1. The lowest BCUT2D eigenvalue weighted by atomic mass is 9.70. The normalized spacial score (nSPS) is 50.0. The first-order valence-electron chi connectivity index (χ1n) is 12.7. The number of nitrogens with zero attached hydrogens (tertiary/aromatic N) is 1. The number of hydrogen-bond acceptors (Lipinski definition) is 5. The number of fused-ring (bicyclic) bond motifs is 6. The van der Waals surface area contributed by atoms with Gasteiger partial charge in [-0.3, -0.25) is 4.90 Å². The van der Waals surface area contributed by atoms with Gasteiger partial charge < -0.3 is 19.5 Å². The van der Waals surface area contributed by atoms with E-state index in [9.17, 15) is 8.78 Å². The molecule has 7 atom stereocenters. The van der Waals surface area contributed by atoms with Crippen LogP contribution in [0, 0.1) is 11.8 Å². The predicted molar refractivity (Wildman–Crippen MR) is 115 cm³/mol. The fourth-order valence-electron chi connectivity index (χ4n) is 7.30. The van der Waals surface area contributed by atoms with Crippen molar-refractivity contribution in [1.82, 2.24) is 10.2 Å². The highest BCUT2D eigenvalue weighted by molar-refractivity contribution is 5.10. The number of hydrogen-bond donors (Lipinski definition) is 1. The van der Waals surface area contributed by atoms with Gasteiger partial charge in [-0.1, -0.05) is 0 Å². The van der Waals surface area contributed by atoms with Crippen molar-refractivity contribution >= 4 is 0 Å². The quantitative estimate of drug-likeness (QED) is 0.624. The third kappa shape index (κ3) is 4.54. The first-order valence-corrected chi connectivity index (χ1v) is 12.7. The maximum absolute atomic E-state index is 14.9. The zero-order valence-electron chi connectivity index (χ0n) is 18.9. The van der Waals surface area contributed by atoms with E-state index < -0.39 is 18.4 Å². The van der Waals surface area contributed by atoms with Gasteiger partial charge in [0.25, 0.3) is 0 Å². The molecule has 4 aliphatic heterocycles. The van der Waals surface area contributed by atoms with Crippen molar-refractivity contribution in [3.05, 3.63) is 0 Å². The topological polar surface area (TPSA) is 43.0 Å². The Bertz CT molecular complexity index is 597. The molecule has 7 heteroatoms. The van der Waals surface area contributed by atoms with E-state index in [4.69, 9.17) is 14.2 Å². The number of nitrogens with one attached hydrogen (secondary N) is 1. The Morgan fingerprint density at radius 2 is 1.87 bits per heavy atom. The Hall–Kier alpha value is -0.340. The average Bonchev–Trinajstić information content (AvgIpc) is 3.01. The smallest absolute Gasteiger partial charge is 0.129 e. The van der Waals surface area contributed by atoms with Crippen molar-refractivity contribution in [2.45, 2.75) is 100 Å². The summed E-state index contributed by atoms with van der Waals surface area (Å²) in [7, 11) is 0. The lowest BCUT2D eigenvalue weighted by molar-refractivity contribution is -0.110. The molecule has 6 rings (SSSR count). The largest absolute Gasteiger partial charge is 0.378 e. The van der Waals surface area contributed by atoms with Crippen LogP contribution in [0.1, 0.15) is 58.3 Å². The van der Waals surface area contributed by atoms with E-state index in [1.807, 2.05) is 0 Å². The van der Waals surface area contributed by atoms with Gasteiger partial charge in [0.15, 0.2) is 0 Å². The van der Waals surface area contributed by atoms with Crippen molar-refractivity contribution in [1.29, 1.82) is 0 Å². The second kappa shape index (κ2) is 9.49. The van der Waals surface area contributed by atoms with Gasteiger partial charge in [0, 0.05) is 32.2 Å². The highest BCUT2D eigenvalue weighted by atomic mass is 19.1. The zero-order valence-corrected chi connectivity index (χ0v) is 18.9. The molecular formula is C24H40F2N2O3. The average molecular weight is 443 g/mol. The Morgan fingerprint density at radius 3 is 2.65 bits per heavy atom. The highest BCUT2D eigenvalue weighted by Gasteiger charge is 2.52. The zero-order chi connectivity index (χ0) is 21.4. The van der Waals surface area contributed by atoms with Crippen molar-refractivity contribution in [3.8, 4) is 0 Å².